The van der Waals surface area contributed by atoms with Crippen LogP contribution in [0.15, 0.2) is 11.4 Å². The van der Waals surface area contributed by atoms with Crippen LogP contribution >= 0.6 is 11.3 Å². The summed E-state index contributed by atoms with van der Waals surface area (Å²) >= 11 is 1.75. The summed E-state index contributed by atoms with van der Waals surface area (Å²) in [5, 5.41) is 14.0. The molecule has 4 nitrogen and oxygen atoms in total. The van der Waals surface area contributed by atoms with Gasteiger partial charge in [-0.25, -0.2) is 0 Å². The number of fused-ring (bicyclic) bond motifs is 1. The van der Waals surface area contributed by atoms with Crippen LogP contribution in [0.25, 0.3) is 0 Å². The second-order valence-corrected chi connectivity index (χ2v) is 7.22. The summed E-state index contributed by atoms with van der Waals surface area (Å²) in [6.07, 6.45) is 3.42. The lowest BCUT2D eigenvalue weighted by Gasteiger charge is -2.27. The van der Waals surface area contributed by atoms with Gasteiger partial charge in [-0.1, -0.05) is 13.8 Å². The largest absolute Gasteiger partial charge is 0.481 e. The van der Waals surface area contributed by atoms with Crippen molar-refractivity contribution in [1.29, 1.82) is 0 Å². The molecule has 1 aromatic heterocycles. The number of aryl methyl sites for hydroxylation is 1. The number of carbonyl (C=O) groups is 2. The van der Waals surface area contributed by atoms with Crippen molar-refractivity contribution in [1.82, 2.24) is 5.32 Å². The summed E-state index contributed by atoms with van der Waals surface area (Å²) in [4.78, 5) is 24.3. The second kappa shape index (κ2) is 5.95. The van der Waals surface area contributed by atoms with Gasteiger partial charge in [0.2, 0.25) is 5.91 Å². The number of carboxylic acids is 1. The zero-order chi connectivity index (χ0) is 14.8. The van der Waals surface area contributed by atoms with Crippen molar-refractivity contribution in [2.24, 2.45) is 5.41 Å². The number of carboxylic acid groups (broad SMARTS) is 1. The van der Waals surface area contributed by atoms with Crippen LogP contribution in [0.4, 0.5) is 0 Å². The molecular formula is C15H21NO3S. The Bertz CT molecular complexity index is 507. The fraction of sp³-hybridized carbons (Fsp3) is 0.600. The molecule has 1 unspecified atom stereocenters. The summed E-state index contributed by atoms with van der Waals surface area (Å²) in [6.45, 7) is 3.63. The van der Waals surface area contributed by atoms with Crippen LogP contribution in [-0.4, -0.2) is 17.0 Å². The molecule has 2 rings (SSSR count). The monoisotopic (exact) mass is 295 g/mol. The van der Waals surface area contributed by atoms with E-state index in [9.17, 15) is 9.59 Å². The van der Waals surface area contributed by atoms with E-state index in [1.807, 2.05) is 13.8 Å². The Morgan fingerprint density at radius 2 is 2.20 bits per heavy atom. The Labute approximate surface area is 123 Å². The molecule has 0 bridgehead atoms. The molecule has 0 saturated heterocycles. The topological polar surface area (TPSA) is 66.4 Å². The van der Waals surface area contributed by atoms with E-state index in [-0.39, 0.29) is 24.8 Å². The Morgan fingerprint density at radius 1 is 1.45 bits per heavy atom. The first-order chi connectivity index (χ1) is 9.37. The molecule has 0 saturated carbocycles. The predicted molar refractivity (Wildman–Crippen MR) is 78.8 cm³/mol. The zero-order valence-corrected chi connectivity index (χ0v) is 12.8. The third-order valence-electron chi connectivity index (χ3n) is 3.66. The quantitative estimate of drug-likeness (QED) is 0.877. The highest BCUT2D eigenvalue weighted by Gasteiger charge is 2.28. The number of thiophene rings is 1. The van der Waals surface area contributed by atoms with Crippen molar-refractivity contribution < 1.29 is 14.7 Å². The molecule has 5 heteroatoms. The van der Waals surface area contributed by atoms with E-state index < -0.39 is 11.4 Å². The molecule has 0 spiro atoms. The van der Waals surface area contributed by atoms with Crippen molar-refractivity contribution in [2.45, 2.75) is 52.0 Å². The molecule has 2 N–H and O–H groups in total. The zero-order valence-electron chi connectivity index (χ0n) is 11.9. The van der Waals surface area contributed by atoms with E-state index in [4.69, 9.17) is 5.11 Å². The van der Waals surface area contributed by atoms with Crippen molar-refractivity contribution >= 4 is 23.2 Å². The summed E-state index contributed by atoms with van der Waals surface area (Å²) in [6, 6.07) is 2.19. The van der Waals surface area contributed by atoms with Crippen LogP contribution in [0.5, 0.6) is 0 Å². The van der Waals surface area contributed by atoms with Crippen LogP contribution in [-0.2, 0) is 16.0 Å². The molecule has 1 aliphatic rings. The van der Waals surface area contributed by atoms with Crippen LogP contribution in [0, 0.1) is 5.41 Å². The molecule has 0 fully saturated rings. The molecule has 20 heavy (non-hydrogen) atoms. The molecule has 1 aliphatic carbocycles. The Hall–Kier alpha value is -1.36. The summed E-state index contributed by atoms with van der Waals surface area (Å²) in [5.41, 5.74) is 0.729. The second-order valence-electron chi connectivity index (χ2n) is 6.22. The van der Waals surface area contributed by atoms with Crippen LogP contribution in [0.3, 0.4) is 0 Å². The van der Waals surface area contributed by atoms with Crippen LogP contribution in [0.2, 0.25) is 0 Å². The normalized spacial score (nSPS) is 18.4. The first kappa shape index (κ1) is 15.0. The van der Waals surface area contributed by atoms with E-state index in [2.05, 4.69) is 16.8 Å². The molecule has 0 radical (unpaired) electrons. The molecule has 0 aromatic carbocycles. The Balaban J connectivity index is 1.95. The van der Waals surface area contributed by atoms with Gasteiger partial charge in [0.15, 0.2) is 0 Å². The summed E-state index contributed by atoms with van der Waals surface area (Å²) < 4.78 is 0. The minimum atomic E-state index is -0.861. The van der Waals surface area contributed by atoms with Gasteiger partial charge in [0.1, 0.15) is 0 Å². The maximum atomic E-state index is 12.1. The molecule has 1 heterocycles. The number of amides is 1. The molecule has 1 amide bonds. The maximum absolute atomic E-state index is 12.1. The van der Waals surface area contributed by atoms with E-state index in [1.165, 1.54) is 10.4 Å². The average Bonchev–Trinajstić information content (AvgIpc) is 2.74. The van der Waals surface area contributed by atoms with Crippen molar-refractivity contribution in [3.63, 3.8) is 0 Å². The number of hydrogen-bond donors (Lipinski definition) is 2. The average molecular weight is 295 g/mol. The van der Waals surface area contributed by atoms with Crippen LogP contribution in [0.1, 0.15) is 56.0 Å². The van der Waals surface area contributed by atoms with Crippen molar-refractivity contribution in [2.75, 3.05) is 0 Å². The highest BCUT2D eigenvalue weighted by Crippen LogP contribution is 2.34. The van der Waals surface area contributed by atoms with Gasteiger partial charge in [-0.3, -0.25) is 9.59 Å². The Morgan fingerprint density at radius 3 is 2.90 bits per heavy atom. The van der Waals surface area contributed by atoms with Gasteiger partial charge < -0.3 is 10.4 Å². The first-order valence-corrected chi connectivity index (χ1v) is 7.83. The smallest absolute Gasteiger partial charge is 0.303 e. The molecule has 110 valence electrons. The first-order valence-electron chi connectivity index (χ1n) is 6.95. The molecule has 1 aromatic rings. The van der Waals surface area contributed by atoms with Gasteiger partial charge in [0.05, 0.1) is 12.5 Å². The SMILES string of the molecule is CC(C)(CC(=O)O)CC(=O)NC1CCCc2sccc21. The number of nitrogens with one attached hydrogen (secondary N) is 1. The third kappa shape index (κ3) is 3.82. The highest BCUT2D eigenvalue weighted by molar-refractivity contribution is 7.10. The van der Waals surface area contributed by atoms with E-state index in [0.29, 0.717) is 0 Å². The predicted octanol–water partition coefficient (Wildman–Crippen LogP) is 3.13. The van der Waals surface area contributed by atoms with Crippen LogP contribution < -0.4 is 5.32 Å². The Kier molecular flexibility index (Phi) is 4.48. The van der Waals surface area contributed by atoms with Gasteiger partial charge in [0.25, 0.3) is 0 Å². The van der Waals surface area contributed by atoms with E-state index in [1.54, 1.807) is 11.3 Å². The third-order valence-corrected chi connectivity index (χ3v) is 4.65. The lowest BCUT2D eigenvalue weighted by molar-refractivity contribution is -0.139. The lowest BCUT2D eigenvalue weighted by atomic mass is 9.85. The fourth-order valence-electron chi connectivity index (χ4n) is 2.79. The lowest BCUT2D eigenvalue weighted by Crippen LogP contribution is -2.34. The number of aliphatic carboxylic acids is 1. The number of carbonyl (C=O) groups excluding carboxylic acids is 1. The van der Waals surface area contributed by atoms with Gasteiger partial charge in [0, 0.05) is 11.3 Å². The molecule has 0 aliphatic heterocycles. The van der Waals surface area contributed by atoms with Gasteiger partial charge in [-0.05, 0) is 41.7 Å². The van der Waals surface area contributed by atoms with E-state index in [0.717, 1.165) is 19.3 Å². The van der Waals surface area contributed by atoms with E-state index >= 15 is 0 Å². The molecular weight excluding hydrogens is 274 g/mol. The van der Waals surface area contributed by atoms with Gasteiger partial charge in [-0.2, -0.15) is 0 Å². The minimum absolute atomic E-state index is 0.00872. The van der Waals surface area contributed by atoms with Gasteiger partial charge >= 0.3 is 5.97 Å². The highest BCUT2D eigenvalue weighted by atomic mass is 32.1. The number of hydrogen-bond acceptors (Lipinski definition) is 3. The molecule has 1 atom stereocenters. The summed E-state index contributed by atoms with van der Waals surface area (Å²) in [7, 11) is 0. The maximum Gasteiger partial charge on any atom is 0.303 e. The standard InChI is InChI=1S/C15H21NO3S/c1-15(2,9-14(18)19)8-13(17)16-11-4-3-5-12-10(11)6-7-20-12/h6-7,11H,3-5,8-9H2,1-2H3,(H,16,17)(H,18,19). The minimum Gasteiger partial charge on any atom is -0.481 e. The number of rotatable bonds is 5. The summed E-state index contributed by atoms with van der Waals surface area (Å²) in [5.74, 6) is -0.916. The van der Waals surface area contributed by atoms with Crippen molar-refractivity contribution in [3.05, 3.63) is 21.9 Å². The van der Waals surface area contributed by atoms with Gasteiger partial charge in [-0.15, -0.1) is 11.3 Å². The van der Waals surface area contributed by atoms with Crippen molar-refractivity contribution in [3.8, 4) is 0 Å². The fourth-order valence-corrected chi connectivity index (χ4v) is 3.78.